The molecule has 0 saturated carbocycles. The average molecular weight is 453 g/mol. The summed E-state index contributed by atoms with van der Waals surface area (Å²) >= 11 is 0. The zero-order chi connectivity index (χ0) is 24.0. The molecule has 7 N–H and O–H groups in total. The van der Waals surface area contributed by atoms with Crippen molar-refractivity contribution in [3.05, 3.63) is 77.4 Å². The van der Waals surface area contributed by atoms with E-state index in [2.05, 4.69) is 16.0 Å². The highest BCUT2D eigenvalue weighted by Crippen LogP contribution is 2.20. The normalized spacial score (nSPS) is 20.8. The van der Waals surface area contributed by atoms with Crippen molar-refractivity contribution in [1.29, 1.82) is 0 Å². The van der Waals surface area contributed by atoms with Crippen LogP contribution in [0.1, 0.15) is 17.5 Å². The molecule has 1 aliphatic rings. The van der Waals surface area contributed by atoms with Gasteiger partial charge in [0.25, 0.3) is 0 Å². The molecule has 4 amide bonds. The lowest BCUT2D eigenvalue weighted by Gasteiger charge is -2.31. The van der Waals surface area contributed by atoms with Crippen LogP contribution in [0.2, 0.25) is 0 Å². The summed E-state index contributed by atoms with van der Waals surface area (Å²) in [6, 6.07) is 13.6. The number of aliphatic hydroxyl groups is 2. The van der Waals surface area contributed by atoms with E-state index in [4.69, 9.17) is 5.73 Å². The second kappa shape index (κ2) is 10.8. The van der Waals surface area contributed by atoms with Crippen LogP contribution in [0.5, 0.6) is 0 Å². The third kappa shape index (κ3) is 6.64. The molecule has 0 spiro atoms. The summed E-state index contributed by atoms with van der Waals surface area (Å²) in [6.07, 6.45) is -1.13. The first-order valence-electron chi connectivity index (χ1n) is 10.6. The van der Waals surface area contributed by atoms with Gasteiger partial charge in [0.05, 0.1) is 12.1 Å². The second-order valence-corrected chi connectivity index (χ2v) is 8.06. The number of nitrogens with one attached hydrogen (secondary N) is 3. The van der Waals surface area contributed by atoms with Gasteiger partial charge in [0, 0.05) is 24.1 Å². The number of primary amides is 1. The van der Waals surface area contributed by atoms with Gasteiger partial charge in [-0.25, -0.2) is 4.79 Å². The smallest absolute Gasteiger partial charge is 0.319 e. The first-order valence-corrected chi connectivity index (χ1v) is 10.6. The molecule has 0 unspecified atom stereocenters. The number of urea groups is 1. The van der Waals surface area contributed by atoms with E-state index in [1.807, 2.05) is 49.4 Å². The summed E-state index contributed by atoms with van der Waals surface area (Å²) in [5, 5.41) is 28.3. The highest BCUT2D eigenvalue weighted by molar-refractivity contribution is 5.97. The number of aryl methyl sites for hydroxylation is 1. The van der Waals surface area contributed by atoms with E-state index in [0.29, 0.717) is 5.69 Å². The first-order chi connectivity index (χ1) is 15.7. The molecule has 0 radical (unpaired) electrons. The maximum absolute atomic E-state index is 12.8. The maximum Gasteiger partial charge on any atom is 0.319 e. The SMILES string of the molecule is Cc1ccc(NC(=O)N[C@@H]2C=C(C(=O)N[C@H](Cc3ccccc3)C(N)=O)C[C@@H](O)[C@@H]2O)cc1. The van der Waals surface area contributed by atoms with Gasteiger partial charge in [-0.15, -0.1) is 0 Å². The minimum absolute atomic E-state index is 0.132. The van der Waals surface area contributed by atoms with Crippen molar-refractivity contribution in [3.63, 3.8) is 0 Å². The van der Waals surface area contributed by atoms with Gasteiger partial charge in [-0.2, -0.15) is 0 Å². The fraction of sp³-hybridized carbons (Fsp3) is 0.292. The largest absolute Gasteiger partial charge is 0.390 e. The molecule has 174 valence electrons. The van der Waals surface area contributed by atoms with E-state index >= 15 is 0 Å². The molecule has 33 heavy (non-hydrogen) atoms. The molecule has 0 saturated heterocycles. The van der Waals surface area contributed by atoms with Crippen molar-refractivity contribution in [1.82, 2.24) is 10.6 Å². The first kappa shape index (κ1) is 24.0. The molecule has 9 heteroatoms. The van der Waals surface area contributed by atoms with Crippen LogP contribution in [0.3, 0.4) is 0 Å². The molecule has 0 bridgehead atoms. The average Bonchev–Trinajstić information content (AvgIpc) is 2.78. The summed E-state index contributed by atoms with van der Waals surface area (Å²) in [6.45, 7) is 1.92. The number of amides is 4. The molecule has 0 aromatic heterocycles. The number of carbonyl (C=O) groups is 3. The summed E-state index contributed by atoms with van der Waals surface area (Å²) in [5.41, 5.74) is 8.00. The zero-order valence-corrected chi connectivity index (χ0v) is 18.2. The predicted octanol–water partition coefficient (Wildman–Crippen LogP) is 0.750. The molecule has 3 rings (SSSR count). The predicted molar refractivity (Wildman–Crippen MR) is 123 cm³/mol. The molecule has 9 nitrogen and oxygen atoms in total. The Bertz CT molecular complexity index is 1020. The third-order valence-electron chi connectivity index (χ3n) is 5.40. The minimum Gasteiger partial charge on any atom is -0.390 e. The van der Waals surface area contributed by atoms with Gasteiger partial charge in [0.1, 0.15) is 12.1 Å². The fourth-order valence-electron chi connectivity index (χ4n) is 3.54. The van der Waals surface area contributed by atoms with E-state index in [1.165, 1.54) is 6.08 Å². The monoisotopic (exact) mass is 452 g/mol. The van der Waals surface area contributed by atoms with Gasteiger partial charge < -0.3 is 31.9 Å². The Kier molecular flexibility index (Phi) is 7.81. The number of anilines is 1. The molecule has 4 atom stereocenters. The molecular weight excluding hydrogens is 424 g/mol. The number of hydrogen-bond acceptors (Lipinski definition) is 5. The molecule has 0 aliphatic heterocycles. The van der Waals surface area contributed by atoms with Gasteiger partial charge in [-0.05, 0) is 24.6 Å². The standard InChI is InChI=1S/C24H28N4O5/c1-14-7-9-17(10-8-14)26-24(33)28-18-12-16(13-20(29)21(18)30)23(32)27-19(22(25)31)11-15-5-3-2-4-6-15/h2-10,12,18-21,29-30H,11,13H2,1H3,(H2,25,31)(H,27,32)(H2,26,28,33)/t18-,19-,20-,21-/m1/s1. The van der Waals surface area contributed by atoms with Crippen molar-refractivity contribution in [2.75, 3.05) is 5.32 Å². The van der Waals surface area contributed by atoms with Gasteiger partial charge in [-0.3, -0.25) is 9.59 Å². The van der Waals surface area contributed by atoms with Crippen LogP contribution in [0.25, 0.3) is 0 Å². The number of aliphatic hydroxyl groups excluding tert-OH is 2. The molecule has 2 aromatic rings. The highest BCUT2D eigenvalue weighted by atomic mass is 16.3. The van der Waals surface area contributed by atoms with Crippen LogP contribution in [0, 0.1) is 6.92 Å². The molecule has 1 aliphatic carbocycles. The Morgan fingerprint density at radius 1 is 1.06 bits per heavy atom. The Labute approximate surface area is 191 Å². The van der Waals surface area contributed by atoms with Crippen LogP contribution >= 0.6 is 0 Å². The third-order valence-corrected chi connectivity index (χ3v) is 5.40. The van der Waals surface area contributed by atoms with Crippen molar-refractivity contribution in [2.45, 2.75) is 44.1 Å². The van der Waals surface area contributed by atoms with Crippen LogP contribution in [0.15, 0.2) is 66.2 Å². The molecular formula is C24H28N4O5. The zero-order valence-electron chi connectivity index (χ0n) is 18.2. The summed E-state index contributed by atoms with van der Waals surface area (Å²) in [5.74, 6) is -1.30. The lowest BCUT2D eigenvalue weighted by atomic mass is 9.90. The van der Waals surface area contributed by atoms with Crippen molar-refractivity contribution in [3.8, 4) is 0 Å². The van der Waals surface area contributed by atoms with Gasteiger partial charge >= 0.3 is 6.03 Å². The fourth-order valence-corrected chi connectivity index (χ4v) is 3.54. The summed E-state index contributed by atoms with van der Waals surface area (Å²) < 4.78 is 0. The number of nitrogens with two attached hydrogens (primary N) is 1. The Morgan fingerprint density at radius 2 is 1.73 bits per heavy atom. The van der Waals surface area contributed by atoms with Crippen molar-refractivity contribution >= 4 is 23.5 Å². The van der Waals surface area contributed by atoms with Crippen molar-refractivity contribution < 1.29 is 24.6 Å². The van der Waals surface area contributed by atoms with Gasteiger partial charge in [-0.1, -0.05) is 54.1 Å². The van der Waals surface area contributed by atoms with E-state index in [9.17, 15) is 24.6 Å². The van der Waals surface area contributed by atoms with Crippen LogP contribution < -0.4 is 21.7 Å². The van der Waals surface area contributed by atoms with E-state index in [-0.39, 0.29) is 18.4 Å². The van der Waals surface area contributed by atoms with Crippen molar-refractivity contribution in [2.24, 2.45) is 5.73 Å². The number of rotatable bonds is 7. The lowest BCUT2D eigenvalue weighted by Crippen LogP contribution is -2.53. The Balaban J connectivity index is 1.68. The lowest BCUT2D eigenvalue weighted by molar-refractivity contribution is -0.125. The number of benzene rings is 2. The summed E-state index contributed by atoms with van der Waals surface area (Å²) in [4.78, 5) is 37.0. The van der Waals surface area contributed by atoms with E-state index in [1.54, 1.807) is 12.1 Å². The Hall–Kier alpha value is -3.69. The maximum atomic E-state index is 12.8. The number of carbonyl (C=O) groups excluding carboxylic acids is 3. The second-order valence-electron chi connectivity index (χ2n) is 8.06. The number of hydrogen-bond donors (Lipinski definition) is 6. The van der Waals surface area contributed by atoms with E-state index < -0.39 is 42.1 Å². The topological polar surface area (TPSA) is 154 Å². The highest BCUT2D eigenvalue weighted by Gasteiger charge is 2.34. The minimum atomic E-state index is -1.30. The molecule has 0 fully saturated rings. The summed E-state index contributed by atoms with van der Waals surface area (Å²) in [7, 11) is 0. The van der Waals surface area contributed by atoms with Gasteiger partial charge in [0.15, 0.2) is 0 Å². The molecule has 0 heterocycles. The van der Waals surface area contributed by atoms with Crippen LogP contribution in [-0.2, 0) is 16.0 Å². The van der Waals surface area contributed by atoms with E-state index in [0.717, 1.165) is 11.1 Å². The Morgan fingerprint density at radius 3 is 2.36 bits per heavy atom. The van der Waals surface area contributed by atoms with Crippen LogP contribution in [-0.4, -0.2) is 52.4 Å². The van der Waals surface area contributed by atoms with Gasteiger partial charge in [0.2, 0.25) is 11.8 Å². The molecule has 2 aromatic carbocycles. The quantitative estimate of drug-likeness (QED) is 0.366. The van der Waals surface area contributed by atoms with Crippen LogP contribution in [0.4, 0.5) is 10.5 Å².